The number of benzene rings is 1. The number of esters is 1. The molecule has 0 radical (unpaired) electrons. The maximum Gasteiger partial charge on any atom is 0.328 e. The van der Waals surface area contributed by atoms with E-state index in [0.29, 0.717) is 5.56 Å². The van der Waals surface area contributed by atoms with Crippen molar-refractivity contribution in [1.82, 2.24) is 5.32 Å². The van der Waals surface area contributed by atoms with E-state index in [1.807, 2.05) is 0 Å². The molecule has 1 rings (SSSR count). The fourth-order valence-corrected chi connectivity index (χ4v) is 1.71. The van der Waals surface area contributed by atoms with E-state index < -0.39 is 23.7 Å². The lowest BCUT2D eigenvalue weighted by Gasteiger charge is -2.16. The highest BCUT2D eigenvalue weighted by atomic mass is 35.5. The van der Waals surface area contributed by atoms with Crippen LogP contribution in [0.5, 0.6) is 5.75 Å². The molecule has 0 fully saturated rings. The molecule has 0 saturated carbocycles. The molecule has 0 spiro atoms. The second-order valence-corrected chi connectivity index (χ2v) is 4.22. The van der Waals surface area contributed by atoms with Crippen LogP contribution >= 0.6 is 11.6 Å². The number of carbonyl (C=O) groups is 2. The quantitative estimate of drug-likeness (QED) is 0.635. The van der Waals surface area contributed by atoms with Crippen molar-refractivity contribution < 1.29 is 23.5 Å². The molecule has 1 atom stereocenters. The van der Waals surface area contributed by atoms with Gasteiger partial charge in [-0.05, 0) is 17.7 Å². The molecule has 1 aromatic carbocycles. The van der Waals surface area contributed by atoms with Crippen molar-refractivity contribution in [1.29, 1.82) is 0 Å². The molecule has 0 bridgehead atoms. The van der Waals surface area contributed by atoms with E-state index in [9.17, 15) is 14.0 Å². The molecular weight excluding hydrogens is 289 g/mol. The summed E-state index contributed by atoms with van der Waals surface area (Å²) in [7, 11) is 2.56. The second-order valence-electron chi connectivity index (χ2n) is 3.95. The highest BCUT2D eigenvalue weighted by Gasteiger charge is 2.22. The van der Waals surface area contributed by atoms with Gasteiger partial charge in [0.25, 0.3) is 0 Å². The average Bonchev–Trinajstić information content (AvgIpc) is 2.47. The Kier molecular flexibility index (Phi) is 6.24. The van der Waals surface area contributed by atoms with E-state index in [0.717, 1.165) is 0 Å². The van der Waals surface area contributed by atoms with Crippen LogP contribution in [0, 0.1) is 5.82 Å². The number of hydrogen-bond acceptors (Lipinski definition) is 4. The van der Waals surface area contributed by atoms with Crippen LogP contribution in [0.2, 0.25) is 0 Å². The zero-order valence-corrected chi connectivity index (χ0v) is 11.9. The largest absolute Gasteiger partial charge is 0.494 e. The molecule has 5 nitrogen and oxygen atoms in total. The molecule has 110 valence electrons. The predicted octanol–water partition coefficient (Wildman–Crippen LogP) is 1.27. The van der Waals surface area contributed by atoms with Crippen molar-refractivity contribution in [2.75, 3.05) is 20.1 Å². The van der Waals surface area contributed by atoms with Gasteiger partial charge in [0, 0.05) is 6.42 Å². The number of carbonyl (C=O) groups excluding carboxylic acids is 2. The number of methoxy groups -OCH3 is 2. The molecule has 1 amide bonds. The van der Waals surface area contributed by atoms with Crippen molar-refractivity contribution in [2.24, 2.45) is 0 Å². The number of nitrogens with one attached hydrogen (secondary N) is 1. The van der Waals surface area contributed by atoms with Gasteiger partial charge in [0.05, 0.1) is 14.2 Å². The summed E-state index contributed by atoms with van der Waals surface area (Å²) in [5.74, 6) is -1.80. The number of ether oxygens (including phenoxy) is 2. The number of amides is 1. The van der Waals surface area contributed by atoms with E-state index in [4.69, 9.17) is 16.3 Å². The number of rotatable bonds is 6. The molecule has 0 heterocycles. The van der Waals surface area contributed by atoms with Gasteiger partial charge in [-0.1, -0.05) is 6.07 Å². The Balaban J connectivity index is 2.88. The molecule has 1 unspecified atom stereocenters. The summed E-state index contributed by atoms with van der Waals surface area (Å²) in [4.78, 5) is 22.9. The van der Waals surface area contributed by atoms with Gasteiger partial charge >= 0.3 is 5.97 Å². The van der Waals surface area contributed by atoms with Gasteiger partial charge in [0.15, 0.2) is 11.6 Å². The van der Waals surface area contributed by atoms with E-state index in [2.05, 4.69) is 10.1 Å². The van der Waals surface area contributed by atoms with E-state index in [-0.39, 0.29) is 18.1 Å². The van der Waals surface area contributed by atoms with Crippen LogP contribution in [-0.2, 0) is 20.7 Å². The van der Waals surface area contributed by atoms with Crippen LogP contribution in [0.25, 0.3) is 0 Å². The number of halogens is 2. The fourth-order valence-electron chi connectivity index (χ4n) is 1.64. The Morgan fingerprint density at radius 3 is 2.65 bits per heavy atom. The van der Waals surface area contributed by atoms with Gasteiger partial charge in [-0.15, -0.1) is 11.6 Å². The molecule has 0 aliphatic carbocycles. The predicted molar refractivity (Wildman–Crippen MR) is 71.3 cm³/mol. The lowest BCUT2D eigenvalue weighted by Crippen LogP contribution is -2.43. The molecule has 0 saturated heterocycles. The monoisotopic (exact) mass is 303 g/mol. The molecule has 20 heavy (non-hydrogen) atoms. The summed E-state index contributed by atoms with van der Waals surface area (Å²) in [6.07, 6.45) is 0.145. The lowest BCUT2D eigenvalue weighted by atomic mass is 10.1. The van der Waals surface area contributed by atoms with Crippen LogP contribution in [-0.4, -0.2) is 38.0 Å². The van der Waals surface area contributed by atoms with Gasteiger partial charge in [0.1, 0.15) is 11.9 Å². The molecular formula is C13H15ClFNO4. The Labute approximate surface area is 121 Å². The van der Waals surface area contributed by atoms with Crippen LogP contribution < -0.4 is 10.1 Å². The SMILES string of the molecule is COC(=O)C(Cc1ccc(F)c(OC)c1)NC(=O)CCl. The zero-order chi connectivity index (χ0) is 15.1. The average molecular weight is 304 g/mol. The normalized spacial score (nSPS) is 11.6. The topological polar surface area (TPSA) is 64.6 Å². The molecule has 1 N–H and O–H groups in total. The van der Waals surface area contributed by atoms with Crippen LogP contribution in [0.4, 0.5) is 4.39 Å². The highest BCUT2D eigenvalue weighted by Crippen LogP contribution is 2.19. The van der Waals surface area contributed by atoms with Crippen LogP contribution in [0.1, 0.15) is 5.56 Å². The summed E-state index contributed by atoms with van der Waals surface area (Å²) in [5.41, 5.74) is 0.619. The minimum Gasteiger partial charge on any atom is -0.494 e. The Hall–Kier alpha value is -1.82. The van der Waals surface area contributed by atoms with Gasteiger partial charge in [0.2, 0.25) is 5.91 Å². The first-order valence-corrected chi connectivity index (χ1v) is 6.30. The Morgan fingerprint density at radius 1 is 1.40 bits per heavy atom. The summed E-state index contributed by atoms with van der Waals surface area (Å²) >= 11 is 5.38. The summed E-state index contributed by atoms with van der Waals surface area (Å²) in [6, 6.07) is 3.30. The zero-order valence-electron chi connectivity index (χ0n) is 11.1. The molecule has 0 aliphatic rings. The summed E-state index contributed by atoms with van der Waals surface area (Å²) < 4.78 is 22.8. The van der Waals surface area contributed by atoms with E-state index >= 15 is 0 Å². The first-order chi connectivity index (χ1) is 9.51. The Morgan fingerprint density at radius 2 is 2.10 bits per heavy atom. The fraction of sp³-hybridized carbons (Fsp3) is 0.385. The first kappa shape index (κ1) is 16.2. The Bertz CT molecular complexity index is 495. The summed E-state index contributed by atoms with van der Waals surface area (Å²) in [6.45, 7) is 0. The van der Waals surface area contributed by atoms with Crippen molar-refractivity contribution in [3.8, 4) is 5.75 Å². The third-order valence-corrected chi connectivity index (χ3v) is 2.84. The molecule has 7 heteroatoms. The third-order valence-electron chi connectivity index (χ3n) is 2.60. The van der Waals surface area contributed by atoms with Gasteiger partial charge in [-0.2, -0.15) is 0 Å². The van der Waals surface area contributed by atoms with Crippen molar-refractivity contribution >= 4 is 23.5 Å². The first-order valence-electron chi connectivity index (χ1n) is 5.77. The van der Waals surface area contributed by atoms with E-state index in [1.54, 1.807) is 0 Å². The minimum atomic E-state index is -0.888. The van der Waals surface area contributed by atoms with Gasteiger partial charge < -0.3 is 14.8 Å². The van der Waals surface area contributed by atoms with Gasteiger partial charge in [-0.25, -0.2) is 9.18 Å². The van der Waals surface area contributed by atoms with Crippen molar-refractivity contribution in [3.05, 3.63) is 29.6 Å². The standard InChI is InChI=1S/C13H15ClFNO4/c1-19-11-6-8(3-4-9(11)15)5-10(13(18)20-2)16-12(17)7-14/h3-4,6,10H,5,7H2,1-2H3,(H,16,17). The van der Waals surface area contributed by atoms with E-state index in [1.165, 1.54) is 32.4 Å². The summed E-state index contributed by atoms with van der Waals surface area (Å²) in [5, 5.41) is 2.44. The third kappa shape index (κ3) is 4.38. The van der Waals surface area contributed by atoms with Crippen molar-refractivity contribution in [2.45, 2.75) is 12.5 Å². The number of hydrogen-bond donors (Lipinski definition) is 1. The molecule has 1 aromatic rings. The second kappa shape index (κ2) is 7.69. The smallest absolute Gasteiger partial charge is 0.328 e. The molecule has 0 aromatic heterocycles. The highest BCUT2D eigenvalue weighted by molar-refractivity contribution is 6.27. The van der Waals surface area contributed by atoms with Crippen LogP contribution in [0.3, 0.4) is 0 Å². The number of alkyl halides is 1. The van der Waals surface area contributed by atoms with Gasteiger partial charge in [-0.3, -0.25) is 4.79 Å². The lowest BCUT2D eigenvalue weighted by molar-refractivity contribution is -0.144. The van der Waals surface area contributed by atoms with Crippen molar-refractivity contribution in [3.63, 3.8) is 0 Å². The minimum absolute atomic E-state index is 0.0646. The maximum atomic E-state index is 13.3. The van der Waals surface area contributed by atoms with Crippen LogP contribution in [0.15, 0.2) is 18.2 Å². The molecule has 0 aliphatic heterocycles. The maximum absolute atomic E-state index is 13.3.